The second-order valence-electron chi connectivity index (χ2n) is 6.14. The molecule has 132 valence electrons. The van der Waals surface area contributed by atoms with Crippen molar-refractivity contribution in [3.05, 3.63) is 94.0 Å². The van der Waals surface area contributed by atoms with Gasteiger partial charge in [-0.3, -0.25) is 4.79 Å². The number of halogens is 1. The van der Waals surface area contributed by atoms with Crippen molar-refractivity contribution in [3.8, 4) is 5.75 Å². The highest BCUT2D eigenvalue weighted by molar-refractivity contribution is 6.30. The Balaban J connectivity index is 1.62. The van der Waals surface area contributed by atoms with Crippen LogP contribution >= 0.6 is 11.6 Å². The second-order valence-corrected chi connectivity index (χ2v) is 6.58. The van der Waals surface area contributed by atoms with Crippen molar-refractivity contribution in [2.75, 3.05) is 5.32 Å². The van der Waals surface area contributed by atoms with E-state index in [1.807, 2.05) is 56.3 Å². The van der Waals surface area contributed by atoms with Crippen molar-refractivity contribution in [2.24, 2.45) is 0 Å². The molecule has 1 amide bonds. The van der Waals surface area contributed by atoms with E-state index in [2.05, 4.69) is 5.32 Å². The molecule has 0 aliphatic heterocycles. The molecule has 0 unspecified atom stereocenters. The van der Waals surface area contributed by atoms with Crippen LogP contribution in [0, 0.1) is 13.8 Å². The minimum atomic E-state index is -0.121. The number of anilines is 1. The first-order valence-electron chi connectivity index (χ1n) is 8.38. The van der Waals surface area contributed by atoms with Crippen molar-refractivity contribution in [2.45, 2.75) is 20.5 Å². The van der Waals surface area contributed by atoms with Crippen LogP contribution in [-0.2, 0) is 6.61 Å². The Bertz CT molecular complexity index is 902. The van der Waals surface area contributed by atoms with Crippen molar-refractivity contribution >= 4 is 23.2 Å². The predicted molar refractivity (Wildman–Crippen MR) is 106 cm³/mol. The van der Waals surface area contributed by atoms with Gasteiger partial charge in [-0.05, 0) is 73.0 Å². The summed E-state index contributed by atoms with van der Waals surface area (Å²) < 4.78 is 5.71. The third-order valence-corrected chi connectivity index (χ3v) is 4.54. The molecule has 0 fully saturated rings. The number of carbonyl (C=O) groups is 1. The van der Waals surface area contributed by atoms with Gasteiger partial charge in [-0.25, -0.2) is 0 Å². The molecule has 1 N–H and O–H groups in total. The van der Waals surface area contributed by atoms with E-state index in [1.165, 1.54) is 0 Å². The zero-order chi connectivity index (χ0) is 18.5. The number of rotatable bonds is 5. The monoisotopic (exact) mass is 365 g/mol. The fraction of sp³-hybridized carbons (Fsp3) is 0.136. The summed E-state index contributed by atoms with van der Waals surface area (Å²) in [6, 6.07) is 20.5. The summed E-state index contributed by atoms with van der Waals surface area (Å²) in [5.74, 6) is 0.634. The van der Waals surface area contributed by atoms with Crippen LogP contribution in [0.25, 0.3) is 0 Å². The molecule has 26 heavy (non-hydrogen) atoms. The topological polar surface area (TPSA) is 38.3 Å². The molecule has 3 aromatic rings. The first kappa shape index (κ1) is 18.0. The van der Waals surface area contributed by atoms with Crippen LogP contribution in [0.2, 0.25) is 5.02 Å². The molecule has 0 heterocycles. The number of benzene rings is 3. The average molecular weight is 366 g/mol. The summed E-state index contributed by atoms with van der Waals surface area (Å²) in [6.07, 6.45) is 0. The molecule has 0 radical (unpaired) electrons. The van der Waals surface area contributed by atoms with Crippen LogP contribution < -0.4 is 10.1 Å². The highest BCUT2D eigenvalue weighted by Crippen LogP contribution is 2.20. The summed E-state index contributed by atoms with van der Waals surface area (Å²) in [7, 11) is 0. The number of ether oxygens (including phenoxy) is 1. The molecule has 4 heteroatoms. The Morgan fingerprint density at radius 3 is 2.35 bits per heavy atom. The largest absolute Gasteiger partial charge is 0.489 e. The molecule has 0 aromatic heterocycles. The molecule has 0 bridgehead atoms. The number of amides is 1. The van der Waals surface area contributed by atoms with Crippen molar-refractivity contribution in [1.82, 2.24) is 0 Å². The zero-order valence-corrected chi connectivity index (χ0v) is 15.5. The molecule has 3 aromatic carbocycles. The van der Waals surface area contributed by atoms with Crippen LogP contribution in [0.3, 0.4) is 0 Å². The molecule has 0 spiro atoms. The van der Waals surface area contributed by atoms with E-state index in [0.29, 0.717) is 17.2 Å². The van der Waals surface area contributed by atoms with Gasteiger partial charge in [0.25, 0.3) is 5.91 Å². The van der Waals surface area contributed by atoms with E-state index >= 15 is 0 Å². The molecular weight excluding hydrogens is 346 g/mol. The molecule has 3 nitrogen and oxygen atoms in total. The minimum absolute atomic E-state index is 0.121. The Morgan fingerprint density at radius 2 is 1.65 bits per heavy atom. The minimum Gasteiger partial charge on any atom is -0.489 e. The number of carbonyl (C=O) groups excluding carboxylic acids is 1. The molecular formula is C22H20ClNO2. The van der Waals surface area contributed by atoms with Gasteiger partial charge in [0.05, 0.1) is 0 Å². The van der Waals surface area contributed by atoms with Crippen LogP contribution in [0.5, 0.6) is 5.75 Å². The summed E-state index contributed by atoms with van der Waals surface area (Å²) >= 11 is 5.86. The van der Waals surface area contributed by atoms with Crippen LogP contribution in [0.1, 0.15) is 27.0 Å². The van der Waals surface area contributed by atoms with Crippen LogP contribution in [-0.4, -0.2) is 5.91 Å². The standard InChI is InChI=1S/C22H20ClNO2/c1-15-4-3-5-21(16(15)2)24-22(25)18-8-6-17(7-9-18)14-26-20-12-10-19(23)11-13-20/h3-13H,14H2,1-2H3,(H,24,25). The summed E-state index contributed by atoms with van der Waals surface area (Å²) in [5.41, 5.74) is 4.67. The fourth-order valence-corrected chi connectivity index (χ4v) is 2.66. The number of aryl methyl sites for hydroxylation is 1. The van der Waals surface area contributed by atoms with E-state index < -0.39 is 0 Å². The van der Waals surface area contributed by atoms with Crippen LogP contribution in [0.15, 0.2) is 66.7 Å². The van der Waals surface area contributed by atoms with Gasteiger partial charge < -0.3 is 10.1 Å². The first-order chi connectivity index (χ1) is 12.5. The fourth-order valence-electron chi connectivity index (χ4n) is 2.53. The Hall–Kier alpha value is -2.78. The maximum absolute atomic E-state index is 12.4. The van der Waals surface area contributed by atoms with Gasteiger partial charge in [0.15, 0.2) is 0 Å². The number of hydrogen-bond donors (Lipinski definition) is 1. The lowest BCUT2D eigenvalue weighted by molar-refractivity contribution is 0.102. The van der Waals surface area contributed by atoms with E-state index in [4.69, 9.17) is 16.3 Å². The molecule has 0 aliphatic carbocycles. The molecule has 0 saturated carbocycles. The first-order valence-corrected chi connectivity index (χ1v) is 8.75. The smallest absolute Gasteiger partial charge is 0.255 e. The van der Waals surface area contributed by atoms with Crippen molar-refractivity contribution < 1.29 is 9.53 Å². The Kier molecular flexibility index (Phi) is 5.59. The average Bonchev–Trinajstić information content (AvgIpc) is 2.65. The predicted octanol–water partition coefficient (Wildman–Crippen LogP) is 5.79. The van der Waals surface area contributed by atoms with Gasteiger partial charge in [0.1, 0.15) is 12.4 Å². The van der Waals surface area contributed by atoms with E-state index in [9.17, 15) is 4.79 Å². The van der Waals surface area contributed by atoms with E-state index in [0.717, 1.165) is 28.1 Å². The van der Waals surface area contributed by atoms with Crippen molar-refractivity contribution in [1.29, 1.82) is 0 Å². The lowest BCUT2D eigenvalue weighted by atomic mass is 10.1. The van der Waals surface area contributed by atoms with Gasteiger partial charge in [0.2, 0.25) is 0 Å². The van der Waals surface area contributed by atoms with Gasteiger partial charge in [0, 0.05) is 16.3 Å². The lowest BCUT2D eigenvalue weighted by Crippen LogP contribution is -2.13. The van der Waals surface area contributed by atoms with Gasteiger partial charge >= 0.3 is 0 Å². The maximum atomic E-state index is 12.4. The van der Waals surface area contributed by atoms with Gasteiger partial charge in [-0.15, -0.1) is 0 Å². The third-order valence-electron chi connectivity index (χ3n) is 4.29. The number of nitrogens with one attached hydrogen (secondary N) is 1. The highest BCUT2D eigenvalue weighted by Gasteiger charge is 2.08. The second kappa shape index (κ2) is 8.07. The zero-order valence-electron chi connectivity index (χ0n) is 14.8. The van der Waals surface area contributed by atoms with Gasteiger partial charge in [-0.1, -0.05) is 35.9 Å². The normalized spacial score (nSPS) is 10.4. The summed E-state index contributed by atoms with van der Waals surface area (Å²) in [6.45, 7) is 4.46. The highest BCUT2D eigenvalue weighted by atomic mass is 35.5. The SMILES string of the molecule is Cc1cccc(NC(=O)c2ccc(COc3ccc(Cl)cc3)cc2)c1C. The van der Waals surface area contributed by atoms with E-state index in [1.54, 1.807) is 24.3 Å². The molecule has 0 saturated heterocycles. The lowest BCUT2D eigenvalue weighted by Gasteiger charge is -2.11. The Labute approximate surface area is 158 Å². The van der Waals surface area contributed by atoms with Crippen LogP contribution in [0.4, 0.5) is 5.69 Å². The molecule has 3 rings (SSSR count). The molecule has 0 atom stereocenters. The van der Waals surface area contributed by atoms with Crippen molar-refractivity contribution in [3.63, 3.8) is 0 Å². The quantitative estimate of drug-likeness (QED) is 0.621. The Morgan fingerprint density at radius 1 is 0.962 bits per heavy atom. The summed E-state index contributed by atoms with van der Waals surface area (Å²) in [4.78, 5) is 12.4. The molecule has 0 aliphatic rings. The van der Waals surface area contributed by atoms with E-state index in [-0.39, 0.29) is 5.91 Å². The maximum Gasteiger partial charge on any atom is 0.255 e. The third kappa shape index (κ3) is 4.44. The van der Waals surface area contributed by atoms with Gasteiger partial charge in [-0.2, -0.15) is 0 Å². The number of hydrogen-bond acceptors (Lipinski definition) is 2. The summed E-state index contributed by atoms with van der Waals surface area (Å²) in [5, 5.41) is 3.64.